The van der Waals surface area contributed by atoms with Gasteiger partial charge in [0.1, 0.15) is 18.1 Å². The zero-order valence-corrected chi connectivity index (χ0v) is 17.1. The van der Waals surface area contributed by atoms with Gasteiger partial charge in [-0.1, -0.05) is 11.6 Å². The number of amides is 3. The first-order valence-corrected chi connectivity index (χ1v) is 9.47. The lowest BCUT2D eigenvalue weighted by Gasteiger charge is -2.10. The molecule has 0 fully saturated rings. The normalized spacial score (nSPS) is 11.1. The average Bonchev–Trinajstić information content (AvgIpc) is 3.23. The number of benzene rings is 2. The zero-order chi connectivity index (χ0) is 24.2. The minimum absolute atomic E-state index is 0.0611. The van der Waals surface area contributed by atoms with Crippen molar-refractivity contribution >= 4 is 40.7 Å². The molecule has 1 aromatic heterocycles. The molecule has 0 spiro atoms. The van der Waals surface area contributed by atoms with E-state index in [9.17, 15) is 31.9 Å². The average molecular weight is 484 g/mol. The Labute approximate surface area is 188 Å². The van der Waals surface area contributed by atoms with Crippen molar-refractivity contribution < 1.29 is 31.9 Å². The van der Waals surface area contributed by atoms with Gasteiger partial charge in [-0.3, -0.25) is 14.4 Å². The van der Waals surface area contributed by atoms with Crippen LogP contribution in [0.3, 0.4) is 0 Å². The fourth-order valence-corrected chi connectivity index (χ4v) is 2.86. The minimum atomic E-state index is -4.62. The van der Waals surface area contributed by atoms with E-state index in [4.69, 9.17) is 11.6 Å². The quantitative estimate of drug-likeness (QED) is 0.397. The largest absolute Gasteiger partial charge is 0.405 e. The first kappa shape index (κ1) is 23.7. The molecule has 172 valence electrons. The number of halogens is 5. The SMILES string of the molecule is O=C(Nc1ccc(NC(=O)c2[nH]cnc2C(=O)NCC(F)(F)F)cc1)c1ccc(F)cc1Cl. The molecule has 0 unspecified atom stereocenters. The van der Waals surface area contributed by atoms with Crippen LogP contribution < -0.4 is 16.0 Å². The van der Waals surface area contributed by atoms with Crippen LogP contribution in [0.25, 0.3) is 0 Å². The number of aromatic nitrogens is 2. The van der Waals surface area contributed by atoms with Crippen molar-refractivity contribution in [2.24, 2.45) is 0 Å². The van der Waals surface area contributed by atoms with Crippen molar-refractivity contribution in [1.29, 1.82) is 0 Å². The lowest BCUT2D eigenvalue weighted by Crippen LogP contribution is -2.35. The second kappa shape index (κ2) is 9.69. The van der Waals surface area contributed by atoms with Gasteiger partial charge in [0.05, 0.1) is 16.9 Å². The smallest absolute Gasteiger partial charge is 0.342 e. The third-order valence-corrected chi connectivity index (χ3v) is 4.42. The Kier molecular flexibility index (Phi) is 6.97. The molecule has 0 saturated carbocycles. The molecule has 3 rings (SSSR count). The van der Waals surface area contributed by atoms with Crippen LogP contribution in [0.2, 0.25) is 5.02 Å². The number of aromatic amines is 1. The highest BCUT2D eigenvalue weighted by atomic mass is 35.5. The van der Waals surface area contributed by atoms with Crippen molar-refractivity contribution in [3.05, 3.63) is 76.6 Å². The van der Waals surface area contributed by atoms with Crippen LogP contribution in [-0.2, 0) is 0 Å². The highest BCUT2D eigenvalue weighted by Crippen LogP contribution is 2.20. The van der Waals surface area contributed by atoms with Crippen LogP contribution in [-0.4, -0.2) is 40.4 Å². The predicted molar refractivity (Wildman–Crippen MR) is 111 cm³/mol. The van der Waals surface area contributed by atoms with Crippen LogP contribution in [0, 0.1) is 5.82 Å². The van der Waals surface area contributed by atoms with Gasteiger partial charge in [-0.05, 0) is 42.5 Å². The van der Waals surface area contributed by atoms with Crippen LogP contribution in [0.1, 0.15) is 31.3 Å². The minimum Gasteiger partial charge on any atom is -0.342 e. The Morgan fingerprint density at radius 2 is 1.55 bits per heavy atom. The van der Waals surface area contributed by atoms with Gasteiger partial charge in [0.15, 0.2) is 5.69 Å². The summed E-state index contributed by atoms with van der Waals surface area (Å²) in [4.78, 5) is 42.6. The Hall–Kier alpha value is -3.93. The second-order valence-electron chi connectivity index (χ2n) is 6.53. The molecule has 8 nitrogen and oxygen atoms in total. The van der Waals surface area contributed by atoms with E-state index in [-0.39, 0.29) is 22.0 Å². The summed E-state index contributed by atoms with van der Waals surface area (Å²) >= 11 is 5.86. The molecule has 0 saturated heterocycles. The Morgan fingerprint density at radius 3 is 2.12 bits per heavy atom. The summed E-state index contributed by atoms with van der Waals surface area (Å²) in [7, 11) is 0. The van der Waals surface area contributed by atoms with Crippen LogP contribution >= 0.6 is 11.6 Å². The number of anilines is 2. The number of carbonyl (C=O) groups excluding carboxylic acids is 3. The fourth-order valence-electron chi connectivity index (χ4n) is 2.61. The molecule has 0 atom stereocenters. The first-order chi connectivity index (χ1) is 15.5. The Morgan fingerprint density at radius 1 is 0.939 bits per heavy atom. The van der Waals surface area contributed by atoms with Crippen molar-refractivity contribution in [1.82, 2.24) is 15.3 Å². The number of hydrogen-bond acceptors (Lipinski definition) is 4. The Bertz CT molecular complexity index is 1200. The number of carbonyl (C=O) groups is 3. The molecule has 13 heteroatoms. The van der Waals surface area contributed by atoms with E-state index in [1.165, 1.54) is 30.3 Å². The monoisotopic (exact) mass is 483 g/mol. The van der Waals surface area contributed by atoms with E-state index in [2.05, 4.69) is 20.6 Å². The molecule has 3 aromatic rings. The summed E-state index contributed by atoms with van der Waals surface area (Å²) in [6.07, 6.45) is -3.62. The van der Waals surface area contributed by atoms with E-state index in [0.717, 1.165) is 18.5 Å². The number of imidazole rings is 1. The molecule has 0 radical (unpaired) electrons. The van der Waals surface area contributed by atoms with Gasteiger partial charge < -0.3 is 20.9 Å². The number of hydrogen-bond donors (Lipinski definition) is 4. The standard InChI is InChI=1S/C20H14ClF4N5O3/c21-14-7-10(22)1-6-13(14)17(31)29-11-2-4-12(5-3-11)30-19(33)16-15(27-9-28-16)18(32)26-8-20(23,24)25/h1-7,9H,8H2,(H,26,32)(H,27,28)(H,29,31)(H,30,33). The van der Waals surface area contributed by atoms with E-state index < -0.39 is 42.0 Å². The molecule has 33 heavy (non-hydrogen) atoms. The van der Waals surface area contributed by atoms with E-state index >= 15 is 0 Å². The van der Waals surface area contributed by atoms with Crippen molar-refractivity contribution in [2.45, 2.75) is 6.18 Å². The van der Waals surface area contributed by atoms with Gasteiger partial charge in [0, 0.05) is 11.4 Å². The fraction of sp³-hybridized carbons (Fsp3) is 0.100. The molecule has 0 aliphatic heterocycles. The maximum absolute atomic E-state index is 13.1. The summed E-state index contributed by atoms with van der Waals surface area (Å²) in [6.45, 7) is -1.57. The third kappa shape index (κ3) is 6.29. The molecular formula is C20H14ClF4N5O3. The maximum atomic E-state index is 13.1. The second-order valence-corrected chi connectivity index (χ2v) is 6.94. The summed E-state index contributed by atoms with van der Waals surface area (Å²) in [5.74, 6) is -3.16. The van der Waals surface area contributed by atoms with Gasteiger partial charge in [-0.2, -0.15) is 13.2 Å². The number of nitrogens with one attached hydrogen (secondary N) is 4. The Balaban J connectivity index is 1.63. The summed E-state index contributed by atoms with van der Waals surface area (Å²) in [5, 5.41) is 6.58. The number of alkyl halides is 3. The molecule has 4 N–H and O–H groups in total. The highest BCUT2D eigenvalue weighted by molar-refractivity contribution is 6.34. The number of rotatable bonds is 6. The molecule has 0 aliphatic rings. The third-order valence-electron chi connectivity index (χ3n) is 4.11. The molecule has 3 amide bonds. The maximum Gasteiger partial charge on any atom is 0.405 e. The van der Waals surface area contributed by atoms with Gasteiger partial charge >= 0.3 is 6.18 Å². The van der Waals surface area contributed by atoms with Gasteiger partial charge in [-0.15, -0.1) is 0 Å². The lowest BCUT2D eigenvalue weighted by atomic mass is 10.2. The van der Waals surface area contributed by atoms with E-state index in [1.807, 2.05) is 0 Å². The predicted octanol–water partition coefficient (Wildman–Crippen LogP) is 4.00. The molecule has 1 heterocycles. The first-order valence-electron chi connectivity index (χ1n) is 9.09. The molecule has 2 aromatic carbocycles. The summed E-state index contributed by atoms with van der Waals surface area (Å²) in [5.41, 5.74) is -0.179. The van der Waals surface area contributed by atoms with E-state index in [1.54, 1.807) is 5.32 Å². The van der Waals surface area contributed by atoms with Crippen LogP contribution in [0.5, 0.6) is 0 Å². The van der Waals surface area contributed by atoms with Crippen molar-refractivity contribution in [3.63, 3.8) is 0 Å². The van der Waals surface area contributed by atoms with Crippen LogP contribution in [0.15, 0.2) is 48.8 Å². The summed E-state index contributed by atoms with van der Waals surface area (Å²) < 4.78 is 50.0. The van der Waals surface area contributed by atoms with Gasteiger partial charge in [0.2, 0.25) is 0 Å². The van der Waals surface area contributed by atoms with E-state index in [0.29, 0.717) is 5.69 Å². The topological polar surface area (TPSA) is 116 Å². The zero-order valence-electron chi connectivity index (χ0n) is 16.4. The lowest BCUT2D eigenvalue weighted by molar-refractivity contribution is -0.123. The summed E-state index contributed by atoms with van der Waals surface area (Å²) in [6, 6.07) is 9.09. The van der Waals surface area contributed by atoms with Gasteiger partial charge in [0.25, 0.3) is 17.7 Å². The number of H-pyrrole nitrogens is 1. The number of nitrogens with zero attached hydrogens (tertiary/aromatic N) is 1. The molecule has 0 aliphatic carbocycles. The highest BCUT2D eigenvalue weighted by Gasteiger charge is 2.29. The molecular weight excluding hydrogens is 470 g/mol. The van der Waals surface area contributed by atoms with Gasteiger partial charge in [-0.25, -0.2) is 9.37 Å². The van der Waals surface area contributed by atoms with Crippen molar-refractivity contribution in [2.75, 3.05) is 17.2 Å². The van der Waals surface area contributed by atoms with Crippen LogP contribution in [0.4, 0.5) is 28.9 Å². The molecule has 0 bridgehead atoms. The van der Waals surface area contributed by atoms with Crippen molar-refractivity contribution in [3.8, 4) is 0 Å².